The lowest BCUT2D eigenvalue weighted by molar-refractivity contribution is -0.131. The second-order valence-corrected chi connectivity index (χ2v) is 7.18. The summed E-state index contributed by atoms with van der Waals surface area (Å²) < 4.78 is 0. The molecule has 2 aliphatic heterocycles. The Labute approximate surface area is 158 Å². The third-order valence-electron chi connectivity index (χ3n) is 5.47. The molecule has 3 amide bonds. The Kier molecular flexibility index (Phi) is 4.43. The van der Waals surface area contributed by atoms with Crippen LogP contribution >= 0.6 is 0 Å². The summed E-state index contributed by atoms with van der Waals surface area (Å²) in [4.78, 5) is 32.4. The first-order valence-electron chi connectivity index (χ1n) is 9.17. The zero-order valence-electron chi connectivity index (χ0n) is 15.3. The molecule has 3 N–H and O–H groups in total. The van der Waals surface area contributed by atoms with E-state index in [9.17, 15) is 9.59 Å². The molecule has 140 valence electrons. The molecule has 2 aromatic rings. The van der Waals surface area contributed by atoms with Crippen LogP contribution in [0.15, 0.2) is 42.7 Å². The molecule has 0 saturated carbocycles. The van der Waals surface area contributed by atoms with E-state index in [0.29, 0.717) is 24.5 Å². The number of carbonyl (C=O) groups excluding carboxylic acids is 2. The molecular formula is C20H23N5O2. The van der Waals surface area contributed by atoms with E-state index in [0.717, 1.165) is 24.0 Å². The Bertz CT molecular complexity index is 856. The molecule has 0 aliphatic carbocycles. The number of amides is 3. The average Bonchev–Trinajstić information content (AvgIpc) is 2.93. The monoisotopic (exact) mass is 365 g/mol. The minimum absolute atomic E-state index is 0.0669. The number of nitrogens with one attached hydrogen (secondary N) is 1. The maximum atomic E-state index is 13.0. The van der Waals surface area contributed by atoms with Crippen LogP contribution in [0.25, 0.3) is 11.1 Å². The fourth-order valence-corrected chi connectivity index (χ4v) is 4.06. The lowest BCUT2D eigenvalue weighted by Crippen LogP contribution is -2.57. The minimum Gasteiger partial charge on any atom is -0.397 e. The maximum Gasteiger partial charge on any atom is 0.322 e. The molecule has 4 rings (SSSR count). The third kappa shape index (κ3) is 3.32. The Morgan fingerprint density at radius 2 is 1.74 bits per heavy atom. The number of fused-ring (bicyclic) bond motifs is 2. The highest BCUT2D eigenvalue weighted by Crippen LogP contribution is 2.32. The van der Waals surface area contributed by atoms with Gasteiger partial charge >= 0.3 is 6.03 Å². The van der Waals surface area contributed by atoms with Gasteiger partial charge in [0, 0.05) is 32.4 Å². The van der Waals surface area contributed by atoms with Crippen LogP contribution < -0.4 is 11.1 Å². The van der Waals surface area contributed by atoms with Crippen molar-refractivity contribution in [3.05, 3.63) is 42.7 Å². The summed E-state index contributed by atoms with van der Waals surface area (Å²) in [6.45, 7) is 2.79. The summed E-state index contributed by atoms with van der Waals surface area (Å²) >= 11 is 0. The van der Waals surface area contributed by atoms with Gasteiger partial charge in [-0.05, 0) is 48.2 Å². The molecule has 2 unspecified atom stereocenters. The van der Waals surface area contributed by atoms with Gasteiger partial charge in [-0.3, -0.25) is 9.78 Å². The van der Waals surface area contributed by atoms with Gasteiger partial charge < -0.3 is 20.9 Å². The standard InChI is InChI=1S/C20H23N5O2/c1-13(26)24-11-16-3-4-17(12-24)25(16)20(27)23-19-10-15(2-5-18(19)21)14-6-8-22-9-7-14/h2,5-10,16-17H,3-4,11-12,21H2,1H3,(H,23,27). The number of anilines is 2. The van der Waals surface area contributed by atoms with E-state index in [2.05, 4.69) is 10.3 Å². The molecule has 2 aliphatic rings. The third-order valence-corrected chi connectivity index (χ3v) is 5.47. The molecule has 2 saturated heterocycles. The van der Waals surface area contributed by atoms with Crippen molar-refractivity contribution in [3.63, 3.8) is 0 Å². The van der Waals surface area contributed by atoms with Crippen LogP contribution in [0.2, 0.25) is 0 Å². The van der Waals surface area contributed by atoms with E-state index in [1.807, 2.05) is 34.1 Å². The van der Waals surface area contributed by atoms with Crippen molar-refractivity contribution < 1.29 is 9.59 Å². The van der Waals surface area contributed by atoms with Crippen LogP contribution in [0.1, 0.15) is 19.8 Å². The second-order valence-electron chi connectivity index (χ2n) is 7.18. The highest BCUT2D eigenvalue weighted by Gasteiger charge is 2.43. The molecule has 27 heavy (non-hydrogen) atoms. The first-order chi connectivity index (χ1) is 13.0. The Morgan fingerprint density at radius 1 is 1.07 bits per heavy atom. The molecule has 1 aromatic carbocycles. The quantitative estimate of drug-likeness (QED) is 0.800. The van der Waals surface area contributed by atoms with Gasteiger partial charge in [0.05, 0.1) is 23.5 Å². The van der Waals surface area contributed by atoms with Gasteiger partial charge in [-0.2, -0.15) is 0 Å². The number of benzene rings is 1. The first kappa shape index (κ1) is 17.3. The number of nitrogens with zero attached hydrogens (tertiary/aromatic N) is 3. The molecule has 0 spiro atoms. The Balaban J connectivity index is 1.53. The van der Waals surface area contributed by atoms with Gasteiger partial charge in [0.25, 0.3) is 0 Å². The molecule has 2 atom stereocenters. The summed E-state index contributed by atoms with van der Waals surface area (Å²) in [6, 6.07) is 9.43. The van der Waals surface area contributed by atoms with Crippen molar-refractivity contribution in [1.29, 1.82) is 0 Å². The summed E-state index contributed by atoms with van der Waals surface area (Å²) in [5, 5.41) is 2.98. The van der Waals surface area contributed by atoms with Crippen LogP contribution in [0.5, 0.6) is 0 Å². The van der Waals surface area contributed by atoms with E-state index in [-0.39, 0.29) is 24.0 Å². The summed E-state index contributed by atoms with van der Waals surface area (Å²) in [5.41, 5.74) is 9.19. The van der Waals surface area contributed by atoms with Gasteiger partial charge in [0.15, 0.2) is 0 Å². The largest absolute Gasteiger partial charge is 0.397 e. The van der Waals surface area contributed by atoms with Crippen molar-refractivity contribution in [2.45, 2.75) is 31.8 Å². The number of pyridine rings is 1. The fraction of sp³-hybridized carbons (Fsp3) is 0.350. The lowest BCUT2D eigenvalue weighted by Gasteiger charge is -2.40. The number of piperazine rings is 1. The molecular weight excluding hydrogens is 342 g/mol. The number of nitrogen functional groups attached to an aromatic ring is 1. The number of rotatable bonds is 2. The van der Waals surface area contributed by atoms with Gasteiger partial charge in [-0.15, -0.1) is 0 Å². The van der Waals surface area contributed by atoms with Gasteiger partial charge in [-0.1, -0.05) is 6.07 Å². The number of urea groups is 1. The minimum atomic E-state index is -0.149. The number of nitrogens with two attached hydrogens (primary N) is 1. The smallest absolute Gasteiger partial charge is 0.322 e. The topological polar surface area (TPSA) is 91.6 Å². The van der Waals surface area contributed by atoms with Crippen molar-refractivity contribution in [1.82, 2.24) is 14.8 Å². The number of aromatic nitrogens is 1. The Hall–Kier alpha value is -3.09. The van der Waals surface area contributed by atoms with Crippen molar-refractivity contribution in [2.24, 2.45) is 0 Å². The zero-order valence-corrected chi connectivity index (χ0v) is 15.3. The molecule has 1 aromatic heterocycles. The zero-order chi connectivity index (χ0) is 19.0. The van der Waals surface area contributed by atoms with E-state index in [1.54, 1.807) is 25.4 Å². The first-order valence-corrected chi connectivity index (χ1v) is 9.17. The van der Waals surface area contributed by atoms with E-state index in [1.165, 1.54) is 0 Å². The highest BCUT2D eigenvalue weighted by atomic mass is 16.2. The number of hydrogen-bond acceptors (Lipinski definition) is 4. The van der Waals surface area contributed by atoms with E-state index >= 15 is 0 Å². The molecule has 2 bridgehead atoms. The highest BCUT2D eigenvalue weighted by molar-refractivity contribution is 5.94. The second kappa shape index (κ2) is 6.90. The molecule has 0 radical (unpaired) electrons. The van der Waals surface area contributed by atoms with Crippen LogP contribution in [0.4, 0.5) is 16.2 Å². The van der Waals surface area contributed by atoms with Gasteiger partial charge in [0.1, 0.15) is 0 Å². The SMILES string of the molecule is CC(=O)N1CC2CCC(C1)N2C(=O)Nc1cc(-c2ccncc2)ccc1N. The molecule has 7 heteroatoms. The summed E-state index contributed by atoms with van der Waals surface area (Å²) in [5.74, 6) is 0.0706. The Morgan fingerprint density at radius 3 is 2.37 bits per heavy atom. The number of hydrogen-bond donors (Lipinski definition) is 2. The predicted molar refractivity (Wildman–Crippen MR) is 104 cm³/mol. The van der Waals surface area contributed by atoms with Crippen LogP contribution in [-0.4, -0.2) is 51.9 Å². The molecule has 7 nitrogen and oxygen atoms in total. The van der Waals surface area contributed by atoms with Crippen LogP contribution in [0, 0.1) is 0 Å². The van der Waals surface area contributed by atoms with E-state index in [4.69, 9.17) is 5.73 Å². The van der Waals surface area contributed by atoms with Crippen molar-refractivity contribution in [2.75, 3.05) is 24.1 Å². The average molecular weight is 365 g/mol. The fourth-order valence-electron chi connectivity index (χ4n) is 4.06. The number of likely N-dealkylation sites (tertiary alicyclic amines) is 1. The summed E-state index contributed by atoms with van der Waals surface area (Å²) in [6.07, 6.45) is 5.31. The van der Waals surface area contributed by atoms with Gasteiger partial charge in [-0.25, -0.2) is 4.79 Å². The maximum absolute atomic E-state index is 13.0. The molecule has 3 heterocycles. The predicted octanol–water partition coefficient (Wildman–Crippen LogP) is 2.56. The van der Waals surface area contributed by atoms with Crippen molar-refractivity contribution in [3.8, 4) is 11.1 Å². The van der Waals surface area contributed by atoms with Crippen LogP contribution in [0.3, 0.4) is 0 Å². The summed E-state index contributed by atoms with van der Waals surface area (Å²) in [7, 11) is 0. The van der Waals surface area contributed by atoms with Gasteiger partial charge in [0.2, 0.25) is 5.91 Å². The van der Waals surface area contributed by atoms with Crippen molar-refractivity contribution >= 4 is 23.3 Å². The lowest BCUT2D eigenvalue weighted by atomic mass is 10.1. The molecule has 2 fully saturated rings. The normalized spacial score (nSPS) is 21.2. The van der Waals surface area contributed by atoms with E-state index < -0.39 is 0 Å². The number of carbonyl (C=O) groups is 2. The van der Waals surface area contributed by atoms with Crippen LogP contribution in [-0.2, 0) is 4.79 Å².